The monoisotopic (exact) mass is 382 g/mol. The van der Waals surface area contributed by atoms with Gasteiger partial charge in [-0.2, -0.15) is 0 Å². The van der Waals surface area contributed by atoms with E-state index >= 15 is 0 Å². The second-order valence-electron chi connectivity index (χ2n) is 8.77. The van der Waals surface area contributed by atoms with Gasteiger partial charge in [-0.1, -0.05) is 0 Å². The number of hydrogen-bond acceptors (Lipinski definition) is 4. The number of ether oxygens (including phenoxy) is 2. The minimum Gasteiger partial charge on any atom is -0.497 e. The quantitative estimate of drug-likeness (QED) is 0.798. The van der Waals surface area contributed by atoms with Crippen LogP contribution in [0.2, 0.25) is 0 Å². The van der Waals surface area contributed by atoms with Crippen molar-refractivity contribution in [3.63, 3.8) is 0 Å². The molecule has 0 saturated carbocycles. The van der Waals surface area contributed by atoms with E-state index in [0.29, 0.717) is 11.3 Å². The molecule has 3 rings (SSSR count). The van der Waals surface area contributed by atoms with Crippen molar-refractivity contribution in [2.24, 2.45) is 0 Å². The zero-order valence-corrected chi connectivity index (χ0v) is 17.3. The average molecular weight is 383 g/mol. The number of carbonyl (C=O) groups excluding carboxylic acids is 1. The first-order valence-corrected chi connectivity index (χ1v) is 9.68. The molecule has 1 fully saturated rings. The third-order valence-electron chi connectivity index (χ3n) is 4.94. The number of carbonyl (C=O) groups is 1. The van der Waals surface area contributed by atoms with Crippen LogP contribution in [-0.2, 0) is 0 Å². The zero-order chi connectivity index (χ0) is 20.4. The van der Waals surface area contributed by atoms with Gasteiger partial charge in [-0.3, -0.25) is 4.79 Å². The molecule has 1 saturated heterocycles. The van der Waals surface area contributed by atoms with Crippen molar-refractivity contribution in [2.45, 2.75) is 57.7 Å². The van der Waals surface area contributed by atoms with Crippen LogP contribution >= 0.6 is 0 Å². The van der Waals surface area contributed by atoms with E-state index in [4.69, 9.17) is 9.47 Å². The molecule has 0 spiro atoms. The minimum absolute atomic E-state index is 0.00421. The molecule has 0 bridgehead atoms. The molecule has 150 valence electrons. The summed E-state index contributed by atoms with van der Waals surface area (Å²) in [7, 11) is 1.63. The van der Waals surface area contributed by atoms with E-state index in [-0.39, 0.29) is 23.0 Å². The maximum atomic E-state index is 12.7. The van der Waals surface area contributed by atoms with Crippen LogP contribution in [-0.4, -0.2) is 30.1 Å². The van der Waals surface area contributed by atoms with Crippen LogP contribution in [0.5, 0.6) is 17.2 Å². The Morgan fingerprint density at radius 1 is 0.893 bits per heavy atom. The summed E-state index contributed by atoms with van der Waals surface area (Å²) in [4.78, 5) is 12.7. The van der Waals surface area contributed by atoms with Crippen molar-refractivity contribution in [1.29, 1.82) is 0 Å². The van der Waals surface area contributed by atoms with Gasteiger partial charge in [-0.15, -0.1) is 0 Å². The Balaban J connectivity index is 1.61. The highest BCUT2D eigenvalue weighted by atomic mass is 16.5. The van der Waals surface area contributed by atoms with Crippen LogP contribution in [0.1, 0.15) is 50.9 Å². The summed E-state index contributed by atoms with van der Waals surface area (Å²) in [6.07, 6.45) is 1.81. The highest BCUT2D eigenvalue weighted by molar-refractivity contribution is 5.94. The van der Waals surface area contributed by atoms with Gasteiger partial charge in [0.25, 0.3) is 5.91 Å². The SMILES string of the molecule is COc1ccc(Oc2ccc(C(=O)NC3CC(C)(C)NC(C)(C)C3)cc2)cc1. The summed E-state index contributed by atoms with van der Waals surface area (Å²) >= 11 is 0. The van der Waals surface area contributed by atoms with Crippen molar-refractivity contribution in [3.05, 3.63) is 54.1 Å². The maximum Gasteiger partial charge on any atom is 0.251 e. The Morgan fingerprint density at radius 3 is 1.86 bits per heavy atom. The second-order valence-corrected chi connectivity index (χ2v) is 8.77. The van der Waals surface area contributed by atoms with E-state index in [9.17, 15) is 4.79 Å². The fourth-order valence-corrected chi connectivity index (χ4v) is 4.15. The van der Waals surface area contributed by atoms with Gasteiger partial charge in [0.2, 0.25) is 0 Å². The Hall–Kier alpha value is -2.53. The predicted octanol–water partition coefficient (Wildman–Crippen LogP) is 4.53. The highest BCUT2D eigenvalue weighted by Crippen LogP contribution is 2.29. The number of methoxy groups -OCH3 is 1. The van der Waals surface area contributed by atoms with Crippen molar-refractivity contribution < 1.29 is 14.3 Å². The Morgan fingerprint density at radius 2 is 1.36 bits per heavy atom. The molecule has 1 heterocycles. The number of benzene rings is 2. The normalized spacial score (nSPS) is 18.3. The molecule has 2 aromatic rings. The van der Waals surface area contributed by atoms with E-state index in [0.717, 1.165) is 24.3 Å². The van der Waals surface area contributed by atoms with Gasteiger partial charge in [0.1, 0.15) is 17.2 Å². The molecule has 2 aromatic carbocycles. The van der Waals surface area contributed by atoms with Crippen molar-refractivity contribution >= 4 is 5.91 Å². The summed E-state index contributed by atoms with van der Waals surface area (Å²) in [5.74, 6) is 2.14. The summed E-state index contributed by atoms with van der Waals surface area (Å²) in [5, 5.41) is 6.83. The van der Waals surface area contributed by atoms with Crippen LogP contribution in [0.3, 0.4) is 0 Å². The standard InChI is InChI=1S/C23H30N2O3/c1-22(2)14-17(15-23(3,4)25-22)24-21(26)16-6-8-19(9-7-16)28-20-12-10-18(27-5)11-13-20/h6-13,17,25H,14-15H2,1-5H3,(H,24,26). The molecular weight excluding hydrogens is 352 g/mol. The van der Waals surface area contributed by atoms with E-state index in [1.807, 2.05) is 36.4 Å². The van der Waals surface area contributed by atoms with Gasteiger partial charge in [0.15, 0.2) is 0 Å². The number of rotatable bonds is 5. The molecule has 1 amide bonds. The zero-order valence-electron chi connectivity index (χ0n) is 17.3. The lowest BCUT2D eigenvalue weighted by Gasteiger charge is -2.46. The van der Waals surface area contributed by atoms with E-state index < -0.39 is 0 Å². The molecule has 1 aliphatic rings. The van der Waals surface area contributed by atoms with Crippen molar-refractivity contribution in [1.82, 2.24) is 10.6 Å². The Labute approximate surface area is 167 Å². The molecule has 0 aliphatic carbocycles. The molecular formula is C23H30N2O3. The fourth-order valence-electron chi connectivity index (χ4n) is 4.15. The summed E-state index contributed by atoms with van der Waals surface area (Å²) in [5.41, 5.74) is 0.627. The van der Waals surface area contributed by atoms with E-state index in [2.05, 4.69) is 38.3 Å². The van der Waals surface area contributed by atoms with Crippen molar-refractivity contribution in [3.8, 4) is 17.2 Å². The number of nitrogens with one attached hydrogen (secondary N) is 2. The third-order valence-corrected chi connectivity index (χ3v) is 4.94. The number of hydrogen-bond donors (Lipinski definition) is 2. The van der Waals surface area contributed by atoms with Gasteiger partial charge in [0, 0.05) is 22.7 Å². The summed E-state index contributed by atoms with van der Waals surface area (Å²) < 4.78 is 11.0. The average Bonchev–Trinajstić information content (AvgIpc) is 2.60. The van der Waals surface area contributed by atoms with E-state index in [1.54, 1.807) is 19.2 Å². The molecule has 0 unspecified atom stereocenters. The maximum absolute atomic E-state index is 12.7. The number of amides is 1. The summed E-state index contributed by atoms with van der Waals surface area (Å²) in [6.45, 7) is 8.72. The molecule has 0 aromatic heterocycles. The smallest absolute Gasteiger partial charge is 0.251 e. The molecule has 0 radical (unpaired) electrons. The van der Waals surface area contributed by atoms with Crippen molar-refractivity contribution in [2.75, 3.05) is 7.11 Å². The van der Waals surface area contributed by atoms with Gasteiger partial charge < -0.3 is 20.1 Å². The van der Waals surface area contributed by atoms with Gasteiger partial charge >= 0.3 is 0 Å². The number of piperidine rings is 1. The topological polar surface area (TPSA) is 59.6 Å². The molecule has 2 N–H and O–H groups in total. The first-order valence-electron chi connectivity index (χ1n) is 9.68. The molecule has 28 heavy (non-hydrogen) atoms. The lowest BCUT2D eigenvalue weighted by Crippen LogP contribution is -2.62. The van der Waals surface area contributed by atoms with Crippen LogP contribution in [0.15, 0.2) is 48.5 Å². The minimum atomic E-state index is -0.0468. The van der Waals surface area contributed by atoms with Gasteiger partial charge in [-0.25, -0.2) is 0 Å². The van der Waals surface area contributed by atoms with Crippen LogP contribution in [0, 0.1) is 0 Å². The molecule has 5 heteroatoms. The Bertz CT molecular complexity index is 795. The predicted molar refractivity (Wildman–Crippen MR) is 111 cm³/mol. The largest absolute Gasteiger partial charge is 0.497 e. The van der Waals surface area contributed by atoms with Crippen LogP contribution in [0.4, 0.5) is 0 Å². The summed E-state index contributed by atoms with van der Waals surface area (Å²) in [6, 6.07) is 14.8. The molecule has 0 atom stereocenters. The Kier molecular flexibility index (Phi) is 5.66. The van der Waals surface area contributed by atoms with Gasteiger partial charge in [-0.05, 0) is 89.1 Å². The van der Waals surface area contributed by atoms with E-state index in [1.165, 1.54) is 0 Å². The highest BCUT2D eigenvalue weighted by Gasteiger charge is 2.38. The lowest BCUT2D eigenvalue weighted by molar-refractivity contribution is 0.0873. The first-order chi connectivity index (χ1) is 13.2. The van der Waals surface area contributed by atoms with Crippen LogP contribution in [0.25, 0.3) is 0 Å². The molecule has 5 nitrogen and oxygen atoms in total. The lowest BCUT2D eigenvalue weighted by atomic mass is 9.79. The fraction of sp³-hybridized carbons (Fsp3) is 0.435. The second kappa shape index (κ2) is 7.84. The van der Waals surface area contributed by atoms with Crippen LogP contribution < -0.4 is 20.1 Å². The third kappa shape index (κ3) is 5.26. The van der Waals surface area contributed by atoms with Gasteiger partial charge in [0.05, 0.1) is 7.11 Å². The molecule has 1 aliphatic heterocycles. The first kappa shape index (κ1) is 20.2.